The van der Waals surface area contributed by atoms with Crippen molar-refractivity contribution in [1.82, 2.24) is 5.32 Å². The van der Waals surface area contributed by atoms with Crippen LogP contribution in [0.2, 0.25) is 0 Å². The summed E-state index contributed by atoms with van der Waals surface area (Å²) in [5, 5.41) is 12.1. The Morgan fingerprint density at radius 1 is 1.56 bits per heavy atom. The molecule has 5 heteroatoms. The Bertz CT molecular complexity index is 476. The molecular formula is C13H16FNO3. The van der Waals surface area contributed by atoms with E-state index in [1.807, 2.05) is 6.92 Å². The molecule has 18 heavy (non-hydrogen) atoms. The van der Waals surface area contributed by atoms with Gasteiger partial charge in [-0.15, -0.1) is 0 Å². The van der Waals surface area contributed by atoms with Crippen molar-refractivity contribution < 1.29 is 19.0 Å². The van der Waals surface area contributed by atoms with Crippen LogP contribution < -0.4 is 10.1 Å². The Hall–Kier alpha value is -1.62. The third-order valence-corrected chi connectivity index (χ3v) is 3.44. The summed E-state index contributed by atoms with van der Waals surface area (Å²) in [5.74, 6) is -1.10. The highest BCUT2D eigenvalue weighted by molar-refractivity contribution is 5.71. The molecule has 2 rings (SSSR count). The van der Waals surface area contributed by atoms with Crippen LogP contribution >= 0.6 is 0 Å². The third-order valence-electron chi connectivity index (χ3n) is 3.44. The van der Waals surface area contributed by atoms with Crippen LogP contribution in [0.15, 0.2) is 12.1 Å². The van der Waals surface area contributed by atoms with E-state index in [0.717, 1.165) is 11.1 Å². The number of methoxy groups -OCH3 is 1. The van der Waals surface area contributed by atoms with E-state index in [-0.39, 0.29) is 11.9 Å². The zero-order chi connectivity index (χ0) is 13.3. The van der Waals surface area contributed by atoms with Gasteiger partial charge in [-0.2, -0.15) is 0 Å². The summed E-state index contributed by atoms with van der Waals surface area (Å²) in [7, 11) is 1.49. The predicted molar refractivity (Wildman–Crippen MR) is 64.2 cm³/mol. The van der Waals surface area contributed by atoms with Crippen LogP contribution in [0.1, 0.15) is 23.6 Å². The van der Waals surface area contributed by atoms with E-state index >= 15 is 0 Å². The molecule has 1 heterocycles. The minimum absolute atomic E-state index is 0.129. The molecule has 1 aromatic carbocycles. The molecule has 0 radical (unpaired) electrons. The fraction of sp³-hybridized carbons (Fsp3) is 0.462. The Morgan fingerprint density at radius 3 is 2.83 bits per heavy atom. The van der Waals surface area contributed by atoms with E-state index in [0.29, 0.717) is 18.7 Å². The molecule has 1 fully saturated rings. The maximum Gasteiger partial charge on any atom is 0.307 e. The number of ether oxygens (including phenoxy) is 1. The summed E-state index contributed by atoms with van der Waals surface area (Å²) >= 11 is 0. The number of hydrogen-bond donors (Lipinski definition) is 2. The van der Waals surface area contributed by atoms with Crippen molar-refractivity contribution in [3.8, 4) is 5.75 Å². The summed E-state index contributed by atoms with van der Waals surface area (Å²) in [5.41, 5.74) is 1.62. The summed E-state index contributed by atoms with van der Waals surface area (Å²) in [6.45, 7) is 2.27. The van der Waals surface area contributed by atoms with Gasteiger partial charge < -0.3 is 15.2 Å². The lowest BCUT2D eigenvalue weighted by molar-refractivity contribution is -0.141. The molecule has 0 spiro atoms. The number of halogens is 1. The molecule has 0 aromatic heterocycles. The molecule has 0 aliphatic carbocycles. The normalized spacial score (nSPS) is 23.1. The average molecular weight is 253 g/mol. The van der Waals surface area contributed by atoms with Crippen molar-refractivity contribution in [2.75, 3.05) is 13.7 Å². The first-order valence-corrected chi connectivity index (χ1v) is 5.83. The Balaban J connectivity index is 2.29. The minimum atomic E-state index is -0.814. The van der Waals surface area contributed by atoms with Crippen molar-refractivity contribution in [3.63, 3.8) is 0 Å². The van der Waals surface area contributed by atoms with Crippen LogP contribution in [0.3, 0.4) is 0 Å². The first kappa shape index (κ1) is 12.8. The van der Waals surface area contributed by atoms with Crippen LogP contribution in [0.25, 0.3) is 0 Å². The van der Waals surface area contributed by atoms with Gasteiger partial charge in [-0.3, -0.25) is 4.79 Å². The number of rotatable bonds is 3. The largest absolute Gasteiger partial charge is 0.496 e. The summed E-state index contributed by atoms with van der Waals surface area (Å²) in [4.78, 5) is 10.9. The molecular weight excluding hydrogens is 237 g/mol. The number of carbonyl (C=O) groups is 1. The Labute approximate surface area is 105 Å². The second-order valence-corrected chi connectivity index (χ2v) is 4.55. The molecule has 1 saturated heterocycles. The maximum absolute atomic E-state index is 13.5. The van der Waals surface area contributed by atoms with Crippen LogP contribution in [0.4, 0.5) is 4.39 Å². The van der Waals surface area contributed by atoms with Gasteiger partial charge in [0.1, 0.15) is 11.6 Å². The van der Waals surface area contributed by atoms with Gasteiger partial charge in [-0.1, -0.05) is 0 Å². The predicted octanol–water partition coefficient (Wildman–Crippen LogP) is 1.88. The molecule has 0 amide bonds. The van der Waals surface area contributed by atoms with Crippen LogP contribution in [0, 0.1) is 18.7 Å². The minimum Gasteiger partial charge on any atom is -0.496 e. The zero-order valence-corrected chi connectivity index (χ0v) is 10.4. The number of carboxylic acid groups (broad SMARTS) is 1. The first-order valence-electron chi connectivity index (χ1n) is 5.83. The molecule has 4 nitrogen and oxygen atoms in total. The molecule has 2 unspecified atom stereocenters. The van der Waals surface area contributed by atoms with Crippen LogP contribution in [-0.4, -0.2) is 24.7 Å². The summed E-state index contributed by atoms with van der Waals surface area (Å²) in [6, 6.07) is 2.65. The highest BCUT2D eigenvalue weighted by Crippen LogP contribution is 2.33. The smallest absolute Gasteiger partial charge is 0.307 e. The van der Waals surface area contributed by atoms with Gasteiger partial charge in [0, 0.05) is 18.7 Å². The van der Waals surface area contributed by atoms with Gasteiger partial charge in [-0.05, 0) is 30.5 Å². The highest BCUT2D eigenvalue weighted by atomic mass is 19.1. The second-order valence-electron chi connectivity index (χ2n) is 4.55. The van der Waals surface area contributed by atoms with Gasteiger partial charge in [0.15, 0.2) is 0 Å². The molecule has 1 aromatic rings. The van der Waals surface area contributed by atoms with E-state index in [9.17, 15) is 9.18 Å². The SMILES string of the molecule is COc1cc(F)cc(C2CC(C(=O)O)CN2)c1C. The Kier molecular flexibility index (Phi) is 3.52. The average Bonchev–Trinajstić information content (AvgIpc) is 2.81. The van der Waals surface area contributed by atoms with Crippen molar-refractivity contribution in [1.29, 1.82) is 0 Å². The van der Waals surface area contributed by atoms with Crippen molar-refractivity contribution in [3.05, 3.63) is 29.1 Å². The first-order chi connectivity index (χ1) is 8.52. The lowest BCUT2D eigenvalue weighted by Crippen LogP contribution is -2.17. The molecule has 98 valence electrons. The number of aliphatic carboxylic acids is 1. The monoisotopic (exact) mass is 253 g/mol. The van der Waals surface area contributed by atoms with Gasteiger partial charge in [0.05, 0.1) is 13.0 Å². The van der Waals surface area contributed by atoms with E-state index in [2.05, 4.69) is 5.32 Å². The number of benzene rings is 1. The zero-order valence-electron chi connectivity index (χ0n) is 10.4. The van der Waals surface area contributed by atoms with Crippen molar-refractivity contribution in [2.45, 2.75) is 19.4 Å². The van der Waals surface area contributed by atoms with Gasteiger partial charge >= 0.3 is 5.97 Å². The molecule has 1 aliphatic rings. The molecule has 2 N–H and O–H groups in total. The van der Waals surface area contributed by atoms with Gasteiger partial charge in [0.25, 0.3) is 0 Å². The molecule has 1 aliphatic heterocycles. The van der Waals surface area contributed by atoms with Gasteiger partial charge in [0.2, 0.25) is 0 Å². The van der Waals surface area contributed by atoms with Crippen molar-refractivity contribution in [2.24, 2.45) is 5.92 Å². The molecule has 2 atom stereocenters. The van der Waals surface area contributed by atoms with Gasteiger partial charge in [-0.25, -0.2) is 4.39 Å². The second kappa shape index (κ2) is 4.94. The Morgan fingerprint density at radius 2 is 2.28 bits per heavy atom. The number of nitrogens with one attached hydrogen (secondary N) is 1. The fourth-order valence-electron chi connectivity index (χ4n) is 2.41. The molecule has 0 bridgehead atoms. The number of carboxylic acids is 1. The lowest BCUT2D eigenvalue weighted by Gasteiger charge is -2.16. The van der Waals surface area contributed by atoms with E-state index in [1.54, 1.807) is 0 Å². The van der Waals surface area contributed by atoms with E-state index in [4.69, 9.17) is 9.84 Å². The highest BCUT2D eigenvalue weighted by Gasteiger charge is 2.31. The number of hydrogen-bond acceptors (Lipinski definition) is 3. The summed E-state index contributed by atoms with van der Waals surface area (Å²) < 4.78 is 18.6. The van der Waals surface area contributed by atoms with Crippen molar-refractivity contribution >= 4 is 5.97 Å². The van der Waals surface area contributed by atoms with E-state index in [1.165, 1.54) is 19.2 Å². The summed E-state index contributed by atoms with van der Waals surface area (Å²) in [6.07, 6.45) is 0.475. The van der Waals surface area contributed by atoms with Crippen LogP contribution in [0.5, 0.6) is 5.75 Å². The lowest BCUT2D eigenvalue weighted by atomic mass is 9.96. The van der Waals surface area contributed by atoms with E-state index < -0.39 is 11.9 Å². The fourth-order valence-corrected chi connectivity index (χ4v) is 2.41. The topological polar surface area (TPSA) is 58.6 Å². The molecule has 0 saturated carbocycles. The van der Waals surface area contributed by atoms with Crippen LogP contribution in [-0.2, 0) is 4.79 Å². The third kappa shape index (κ3) is 2.31. The quantitative estimate of drug-likeness (QED) is 0.863. The standard InChI is InChI=1S/C13H16FNO3/c1-7-10(4-9(14)5-12(7)18-2)11-3-8(6-15-11)13(16)17/h4-5,8,11,15H,3,6H2,1-2H3,(H,16,17). The maximum atomic E-state index is 13.5.